The van der Waals surface area contributed by atoms with Gasteiger partial charge >= 0.3 is 0 Å². The second kappa shape index (κ2) is 3.00. The van der Waals surface area contributed by atoms with E-state index in [0.717, 1.165) is 19.6 Å². The lowest BCUT2D eigenvalue weighted by Gasteiger charge is -2.31. The van der Waals surface area contributed by atoms with Crippen molar-refractivity contribution in [2.24, 2.45) is 11.8 Å². The van der Waals surface area contributed by atoms with E-state index < -0.39 is 0 Å². The Bertz CT molecular complexity index is 154. The monoisotopic (exact) mass is 170 g/mol. The van der Waals surface area contributed by atoms with Crippen LogP contribution < -0.4 is 0 Å². The number of hydrogen-bond donors (Lipinski definition) is 0. The minimum Gasteiger partial charge on any atom is -0.347 e. The van der Waals surface area contributed by atoms with Crippen molar-refractivity contribution in [2.75, 3.05) is 13.2 Å². The van der Waals surface area contributed by atoms with Crippen LogP contribution in [0.1, 0.15) is 33.1 Å². The Morgan fingerprint density at radius 3 is 2.50 bits per heavy atom. The van der Waals surface area contributed by atoms with Gasteiger partial charge in [-0.1, -0.05) is 13.8 Å². The van der Waals surface area contributed by atoms with Crippen LogP contribution in [-0.4, -0.2) is 19.0 Å². The molecule has 0 amide bonds. The molecule has 2 aliphatic rings. The van der Waals surface area contributed by atoms with Gasteiger partial charge in [-0.2, -0.15) is 0 Å². The van der Waals surface area contributed by atoms with E-state index in [0.29, 0.717) is 11.8 Å². The van der Waals surface area contributed by atoms with Gasteiger partial charge in [-0.15, -0.1) is 0 Å². The first-order chi connectivity index (χ1) is 5.75. The van der Waals surface area contributed by atoms with Crippen molar-refractivity contribution in [3.05, 3.63) is 0 Å². The predicted molar refractivity (Wildman–Crippen MR) is 46.8 cm³/mol. The third kappa shape index (κ3) is 1.17. The predicted octanol–water partition coefficient (Wildman–Crippen LogP) is 2.19. The molecule has 2 rings (SSSR count). The first-order valence-corrected chi connectivity index (χ1v) is 5.02. The van der Waals surface area contributed by atoms with Crippen LogP contribution in [0.15, 0.2) is 0 Å². The minimum absolute atomic E-state index is 0.172. The molecule has 2 nitrogen and oxygen atoms in total. The molecule has 0 radical (unpaired) electrons. The van der Waals surface area contributed by atoms with Crippen molar-refractivity contribution < 1.29 is 9.47 Å². The molecule has 0 aromatic rings. The molecule has 2 fully saturated rings. The maximum atomic E-state index is 5.75. The minimum atomic E-state index is -0.172. The lowest BCUT2D eigenvalue weighted by molar-refractivity contribution is -0.189. The van der Waals surface area contributed by atoms with Gasteiger partial charge < -0.3 is 9.47 Å². The molecule has 0 bridgehead atoms. The van der Waals surface area contributed by atoms with Crippen molar-refractivity contribution in [3.63, 3.8) is 0 Å². The molecule has 1 aliphatic carbocycles. The molecule has 1 heterocycles. The molecule has 0 unspecified atom stereocenters. The maximum Gasteiger partial charge on any atom is 0.171 e. The highest BCUT2D eigenvalue weighted by Gasteiger charge is 2.48. The first-order valence-electron chi connectivity index (χ1n) is 5.02. The van der Waals surface area contributed by atoms with Gasteiger partial charge in [0.05, 0.1) is 13.2 Å². The Morgan fingerprint density at radius 2 is 1.92 bits per heavy atom. The molecule has 0 aromatic carbocycles. The number of ether oxygens (including phenoxy) is 2. The fourth-order valence-corrected chi connectivity index (χ4v) is 2.64. The Hall–Kier alpha value is -0.0800. The van der Waals surface area contributed by atoms with E-state index in [1.165, 1.54) is 12.8 Å². The van der Waals surface area contributed by atoms with Crippen LogP contribution >= 0.6 is 0 Å². The second-order valence-corrected chi connectivity index (χ2v) is 4.25. The van der Waals surface area contributed by atoms with E-state index in [2.05, 4.69) is 13.8 Å². The summed E-state index contributed by atoms with van der Waals surface area (Å²) in [5, 5.41) is 0. The van der Waals surface area contributed by atoms with Crippen molar-refractivity contribution in [3.8, 4) is 0 Å². The Balaban J connectivity index is 2.12. The van der Waals surface area contributed by atoms with E-state index in [-0.39, 0.29) is 5.79 Å². The standard InChI is InChI=1S/C10H18O2/c1-8(2)9-4-3-5-10(9)11-6-7-12-10/h8-9H,3-7H2,1-2H3/t9-/m0/s1. The van der Waals surface area contributed by atoms with Gasteiger partial charge in [-0.3, -0.25) is 0 Å². The lowest BCUT2D eigenvalue weighted by atomic mass is 9.90. The van der Waals surface area contributed by atoms with Crippen LogP contribution in [0.4, 0.5) is 0 Å². The first kappa shape index (κ1) is 8.52. The molecule has 0 N–H and O–H groups in total. The normalized spacial score (nSPS) is 33.8. The van der Waals surface area contributed by atoms with Gasteiger partial charge in [0.25, 0.3) is 0 Å². The van der Waals surface area contributed by atoms with Gasteiger partial charge in [0.2, 0.25) is 0 Å². The quantitative estimate of drug-likeness (QED) is 0.600. The summed E-state index contributed by atoms with van der Waals surface area (Å²) in [7, 11) is 0. The molecular weight excluding hydrogens is 152 g/mol. The summed E-state index contributed by atoms with van der Waals surface area (Å²) < 4.78 is 11.5. The SMILES string of the molecule is CC(C)[C@@H]1CCCC12OCCO2. The molecule has 1 spiro atoms. The lowest BCUT2D eigenvalue weighted by Crippen LogP contribution is -2.37. The Morgan fingerprint density at radius 1 is 1.25 bits per heavy atom. The van der Waals surface area contributed by atoms with Crippen LogP contribution in [0.25, 0.3) is 0 Å². The van der Waals surface area contributed by atoms with Crippen LogP contribution in [0.5, 0.6) is 0 Å². The van der Waals surface area contributed by atoms with E-state index in [4.69, 9.17) is 9.47 Å². The van der Waals surface area contributed by atoms with Gasteiger partial charge in [0.1, 0.15) is 0 Å². The van der Waals surface area contributed by atoms with Gasteiger partial charge in [0.15, 0.2) is 5.79 Å². The summed E-state index contributed by atoms with van der Waals surface area (Å²) in [5.74, 6) is 1.14. The van der Waals surface area contributed by atoms with E-state index in [1.54, 1.807) is 0 Å². The van der Waals surface area contributed by atoms with Crippen molar-refractivity contribution in [1.29, 1.82) is 0 Å². The highest BCUT2D eigenvalue weighted by molar-refractivity contribution is 4.90. The molecule has 12 heavy (non-hydrogen) atoms. The van der Waals surface area contributed by atoms with Gasteiger partial charge in [-0.25, -0.2) is 0 Å². The zero-order valence-electron chi connectivity index (χ0n) is 8.01. The van der Waals surface area contributed by atoms with Crippen molar-refractivity contribution in [2.45, 2.75) is 38.9 Å². The number of rotatable bonds is 1. The molecular formula is C10H18O2. The van der Waals surface area contributed by atoms with E-state index in [1.807, 2.05) is 0 Å². The second-order valence-electron chi connectivity index (χ2n) is 4.25. The van der Waals surface area contributed by atoms with Gasteiger partial charge in [0, 0.05) is 12.3 Å². The Labute approximate surface area is 74.2 Å². The fourth-order valence-electron chi connectivity index (χ4n) is 2.64. The maximum absolute atomic E-state index is 5.75. The molecule has 2 heteroatoms. The molecule has 1 saturated heterocycles. The summed E-state index contributed by atoms with van der Waals surface area (Å²) in [5.41, 5.74) is 0. The van der Waals surface area contributed by atoms with Crippen LogP contribution in [0.3, 0.4) is 0 Å². The summed E-state index contributed by atoms with van der Waals surface area (Å²) in [6.07, 6.45) is 3.65. The average Bonchev–Trinajstić information content (AvgIpc) is 2.61. The number of hydrogen-bond acceptors (Lipinski definition) is 2. The average molecular weight is 170 g/mol. The third-order valence-corrected chi connectivity index (χ3v) is 3.19. The molecule has 1 saturated carbocycles. The smallest absolute Gasteiger partial charge is 0.171 e. The van der Waals surface area contributed by atoms with Crippen molar-refractivity contribution in [1.82, 2.24) is 0 Å². The highest BCUT2D eigenvalue weighted by atomic mass is 16.7. The molecule has 0 aromatic heterocycles. The van der Waals surface area contributed by atoms with Crippen LogP contribution in [0.2, 0.25) is 0 Å². The summed E-state index contributed by atoms with van der Waals surface area (Å²) in [6.45, 7) is 6.12. The van der Waals surface area contributed by atoms with Gasteiger partial charge in [-0.05, 0) is 18.8 Å². The molecule has 1 aliphatic heterocycles. The third-order valence-electron chi connectivity index (χ3n) is 3.19. The zero-order valence-corrected chi connectivity index (χ0v) is 8.01. The van der Waals surface area contributed by atoms with Crippen LogP contribution in [0, 0.1) is 11.8 Å². The largest absolute Gasteiger partial charge is 0.347 e. The topological polar surface area (TPSA) is 18.5 Å². The molecule has 1 atom stereocenters. The van der Waals surface area contributed by atoms with Crippen molar-refractivity contribution >= 4 is 0 Å². The zero-order chi connectivity index (χ0) is 8.60. The van der Waals surface area contributed by atoms with E-state index >= 15 is 0 Å². The fraction of sp³-hybridized carbons (Fsp3) is 1.00. The van der Waals surface area contributed by atoms with Crippen LogP contribution in [-0.2, 0) is 9.47 Å². The summed E-state index contributed by atoms with van der Waals surface area (Å²) in [4.78, 5) is 0. The molecule has 70 valence electrons. The van der Waals surface area contributed by atoms with E-state index in [9.17, 15) is 0 Å². The Kier molecular flexibility index (Phi) is 2.13. The summed E-state index contributed by atoms with van der Waals surface area (Å²) >= 11 is 0. The highest BCUT2D eigenvalue weighted by Crippen LogP contribution is 2.45. The summed E-state index contributed by atoms with van der Waals surface area (Å²) in [6, 6.07) is 0.